The molecule has 1 amide bonds. The van der Waals surface area contributed by atoms with Gasteiger partial charge in [-0.3, -0.25) is 13.8 Å². The van der Waals surface area contributed by atoms with E-state index in [0.29, 0.717) is 0 Å². The van der Waals surface area contributed by atoms with Crippen LogP contribution in [0.4, 0.5) is 0 Å². The molecule has 15 heavy (non-hydrogen) atoms. The van der Waals surface area contributed by atoms with Gasteiger partial charge in [0, 0.05) is 35.8 Å². The van der Waals surface area contributed by atoms with E-state index in [1.807, 2.05) is 0 Å². The molecule has 5 nitrogen and oxygen atoms in total. The van der Waals surface area contributed by atoms with Crippen LogP contribution in [0.15, 0.2) is 0 Å². The summed E-state index contributed by atoms with van der Waals surface area (Å²) in [5, 5.41) is 2.44. The summed E-state index contributed by atoms with van der Waals surface area (Å²) in [7, 11) is 1.67. The fraction of sp³-hybridized carbons (Fsp3) is 0.778. The third-order valence-corrected chi connectivity index (χ3v) is 3.41. The summed E-state index contributed by atoms with van der Waals surface area (Å²) in [6, 6.07) is 0. The monoisotopic (exact) mass is 235 g/mol. The van der Waals surface area contributed by atoms with Crippen LogP contribution in [0.5, 0.6) is 0 Å². The molecule has 0 aromatic rings. The van der Waals surface area contributed by atoms with Gasteiger partial charge in [-0.1, -0.05) is 6.92 Å². The van der Waals surface area contributed by atoms with Gasteiger partial charge >= 0.3 is 5.97 Å². The van der Waals surface area contributed by atoms with Crippen LogP contribution in [0.1, 0.15) is 13.3 Å². The minimum absolute atomic E-state index is 0.144. The van der Waals surface area contributed by atoms with Gasteiger partial charge in [-0.05, 0) is 0 Å². The number of esters is 1. The van der Waals surface area contributed by atoms with E-state index in [-0.39, 0.29) is 35.7 Å². The van der Waals surface area contributed by atoms with Crippen molar-refractivity contribution in [1.29, 1.82) is 0 Å². The number of methoxy groups -OCH3 is 1. The van der Waals surface area contributed by atoms with E-state index >= 15 is 0 Å². The Morgan fingerprint density at radius 2 is 2.07 bits per heavy atom. The Labute approximate surface area is 92.0 Å². The van der Waals surface area contributed by atoms with Gasteiger partial charge in [-0.15, -0.1) is 0 Å². The fourth-order valence-electron chi connectivity index (χ4n) is 0.963. The Morgan fingerprint density at radius 3 is 2.53 bits per heavy atom. The smallest absolute Gasteiger partial charge is 0.309 e. The average molecular weight is 235 g/mol. The first-order valence-corrected chi connectivity index (χ1v) is 6.13. The minimum atomic E-state index is -1.16. The lowest BCUT2D eigenvalue weighted by molar-refractivity contribution is -0.144. The molecule has 0 aromatic carbocycles. The third-order valence-electron chi connectivity index (χ3n) is 1.88. The molecule has 0 fully saturated rings. The van der Waals surface area contributed by atoms with Gasteiger partial charge in [-0.2, -0.15) is 0 Å². The van der Waals surface area contributed by atoms with E-state index in [1.165, 1.54) is 14.2 Å². The molecule has 2 unspecified atom stereocenters. The first-order chi connectivity index (χ1) is 7.01. The van der Waals surface area contributed by atoms with E-state index in [4.69, 9.17) is 0 Å². The van der Waals surface area contributed by atoms with Crippen LogP contribution < -0.4 is 5.32 Å². The summed E-state index contributed by atoms with van der Waals surface area (Å²) in [6.45, 7) is 1.66. The second-order valence-electron chi connectivity index (χ2n) is 3.16. The molecule has 0 aromatic heterocycles. The molecule has 0 aliphatic heterocycles. The normalized spacial score (nSPS) is 14.1. The summed E-state index contributed by atoms with van der Waals surface area (Å²) in [4.78, 5) is 21.9. The highest BCUT2D eigenvalue weighted by atomic mass is 32.2. The molecule has 6 heteroatoms. The maximum absolute atomic E-state index is 11.4. The molecule has 88 valence electrons. The van der Waals surface area contributed by atoms with Crippen molar-refractivity contribution >= 4 is 22.7 Å². The summed E-state index contributed by atoms with van der Waals surface area (Å²) < 4.78 is 15.9. The first kappa shape index (κ1) is 14.1. The summed E-state index contributed by atoms with van der Waals surface area (Å²) >= 11 is 0. The fourth-order valence-corrected chi connectivity index (χ4v) is 2.24. The molecule has 0 rings (SSSR count). The maximum Gasteiger partial charge on any atom is 0.309 e. The van der Waals surface area contributed by atoms with Crippen LogP contribution in [0.3, 0.4) is 0 Å². The Bertz CT molecular complexity index is 254. The van der Waals surface area contributed by atoms with Crippen molar-refractivity contribution in [3.63, 3.8) is 0 Å². The number of nitrogens with one attached hydrogen (secondary N) is 1. The summed E-state index contributed by atoms with van der Waals surface area (Å²) in [5.41, 5.74) is 0. The highest BCUT2D eigenvalue weighted by Gasteiger charge is 2.16. The molecular weight excluding hydrogens is 218 g/mol. The van der Waals surface area contributed by atoms with Crippen LogP contribution >= 0.6 is 0 Å². The Morgan fingerprint density at radius 1 is 1.47 bits per heavy atom. The van der Waals surface area contributed by atoms with Gasteiger partial charge in [0.25, 0.3) is 0 Å². The molecule has 0 saturated carbocycles. The van der Waals surface area contributed by atoms with E-state index in [1.54, 1.807) is 6.92 Å². The van der Waals surface area contributed by atoms with E-state index in [2.05, 4.69) is 10.1 Å². The van der Waals surface area contributed by atoms with Gasteiger partial charge < -0.3 is 10.1 Å². The van der Waals surface area contributed by atoms with Crippen molar-refractivity contribution in [2.24, 2.45) is 5.92 Å². The molecule has 0 aliphatic carbocycles. The number of ether oxygens (including phenoxy) is 1. The average Bonchev–Trinajstić information content (AvgIpc) is 2.24. The predicted molar refractivity (Wildman–Crippen MR) is 57.7 cm³/mol. The zero-order chi connectivity index (χ0) is 11.8. The molecule has 1 N–H and O–H groups in total. The number of amides is 1. The summed E-state index contributed by atoms with van der Waals surface area (Å²) in [5.74, 6) is -0.386. The van der Waals surface area contributed by atoms with E-state index < -0.39 is 10.8 Å². The van der Waals surface area contributed by atoms with Gasteiger partial charge in [0.05, 0.1) is 13.0 Å². The lowest BCUT2D eigenvalue weighted by atomic mass is 10.2. The molecule has 0 bridgehead atoms. The zero-order valence-corrected chi connectivity index (χ0v) is 10.1. The van der Waals surface area contributed by atoms with Crippen molar-refractivity contribution in [2.75, 3.05) is 25.7 Å². The van der Waals surface area contributed by atoms with Gasteiger partial charge in [-0.25, -0.2) is 0 Å². The van der Waals surface area contributed by atoms with Crippen LogP contribution in [0, 0.1) is 5.92 Å². The van der Waals surface area contributed by atoms with Crippen LogP contribution in [0.2, 0.25) is 0 Å². The molecule has 0 spiro atoms. The quantitative estimate of drug-likeness (QED) is 0.640. The molecule has 0 aliphatic rings. The number of carbonyl (C=O) groups is 2. The third kappa shape index (κ3) is 6.22. The van der Waals surface area contributed by atoms with Gasteiger partial charge in [0.1, 0.15) is 0 Å². The number of hydrogen-bond donors (Lipinski definition) is 1. The lowest BCUT2D eigenvalue weighted by Crippen LogP contribution is -2.24. The van der Waals surface area contributed by atoms with E-state index in [0.717, 1.165) is 0 Å². The van der Waals surface area contributed by atoms with Crippen molar-refractivity contribution < 1.29 is 18.5 Å². The minimum Gasteiger partial charge on any atom is -0.469 e. The van der Waals surface area contributed by atoms with Gasteiger partial charge in [0.2, 0.25) is 5.91 Å². The number of carbonyl (C=O) groups excluding carboxylic acids is 2. The van der Waals surface area contributed by atoms with Crippen molar-refractivity contribution in [3.05, 3.63) is 0 Å². The SMILES string of the molecule is CNC(=O)CCS(=O)CC(C)C(=O)OC. The van der Waals surface area contributed by atoms with Crippen molar-refractivity contribution in [2.45, 2.75) is 13.3 Å². The molecule has 0 heterocycles. The first-order valence-electron chi connectivity index (χ1n) is 4.64. The van der Waals surface area contributed by atoms with Crippen LogP contribution in [-0.2, 0) is 25.1 Å². The lowest BCUT2D eigenvalue weighted by Gasteiger charge is -2.08. The second kappa shape index (κ2) is 7.39. The predicted octanol–water partition coefficient (Wildman–Crippen LogP) is -0.320. The highest BCUT2D eigenvalue weighted by molar-refractivity contribution is 7.85. The topological polar surface area (TPSA) is 72.5 Å². The maximum atomic E-state index is 11.4. The molecule has 0 saturated heterocycles. The van der Waals surface area contributed by atoms with Gasteiger partial charge in [0.15, 0.2) is 0 Å². The second-order valence-corrected chi connectivity index (χ2v) is 4.78. The number of hydrogen-bond acceptors (Lipinski definition) is 4. The molecule has 2 atom stereocenters. The Balaban J connectivity index is 3.83. The van der Waals surface area contributed by atoms with Crippen molar-refractivity contribution in [3.8, 4) is 0 Å². The highest BCUT2D eigenvalue weighted by Crippen LogP contribution is 2.01. The molecule has 0 radical (unpaired) electrons. The Hall–Kier alpha value is -0.910. The standard InChI is InChI=1S/C9H17NO4S/c1-7(9(12)14-3)6-15(13)5-4-8(11)10-2/h7H,4-6H2,1-3H3,(H,10,11). The van der Waals surface area contributed by atoms with E-state index in [9.17, 15) is 13.8 Å². The van der Waals surface area contributed by atoms with Crippen LogP contribution in [0.25, 0.3) is 0 Å². The molecular formula is C9H17NO4S. The zero-order valence-electron chi connectivity index (χ0n) is 9.24. The largest absolute Gasteiger partial charge is 0.469 e. The van der Waals surface area contributed by atoms with Crippen LogP contribution in [-0.4, -0.2) is 41.7 Å². The number of rotatable bonds is 6. The summed E-state index contributed by atoms with van der Waals surface area (Å²) in [6.07, 6.45) is 0.219. The Kier molecular flexibility index (Phi) is 6.94. The van der Waals surface area contributed by atoms with Crippen molar-refractivity contribution in [1.82, 2.24) is 5.32 Å².